The summed E-state index contributed by atoms with van der Waals surface area (Å²) < 4.78 is 5.82. The summed E-state index contributed by atoms with van der Waals surface area (Å²) in [6.07, 6.45) is 3.83. The Bertz CT molecular complexity index is 691. The molecule has 3 rings (SSSR count). The van der Waals surface area contributed by atoms with E-state index in [4.69, 9.17) is 10.00 Å². The van der Waals surface area contributed by atoms with Crippen molar-refractivity contribution in [2.24, 2.45) is 0 Å². The third-order valence-electron chi connectivity index (χ3n) is 3.93. The van der Waals surface area contributed by atoms with Gasteiger partial charge in [0.05, 0.1) is 0 Å². The summed E-state index contributed by atoms with van der Waals surface area (Å²) in [4.78, 5) is 4.04. The standard InChI is InChI=1S/C17H17N3O/c1-19-16-7-4-12-9-14(5-6-15(12)16)21-11-13-3-2-8-20-17(13)10-18/h2-3,5-6,8-9,16,19H,4,7,11H2,1H3. The Kier molecular flexibility index (Phi) is 3.85. The summed E-state index contributed by atoms with van der Waals surface area (Å²) in [6.45, 7) is 0.366. The average Bonchev–Trinajstić information content (AvgIpc) is 2.95. The zero-order valence-electron chi connectivity index (χ0n) is 12.0. The first kappa shape index (κ1) is 13.6. The van der Waals surface area contributed by atoms with Crippen LogP contribution in [0.4, 0.5) is 0 Å². The molecule has 1 unspecified atom stereocenters. The van der Waals surface area contributed by atoms with E-state index in [0.717, 1.165) is 24.2 Å². The van der Waals surface area contributed by atoms with Gasteiger partial charge in [-0.2, -0.15) is 5.26 Å². The van der Waals surface area contributed by atoms with Crippen molar-refractivity contribution in [3.63, 3.8) is 0 Å². The first-order valence-corrected chi connectivity index (χ1v) is 7.08. The number of pyridine rings is 1. The Morgan fingerprint density at radius 1 is 1.43 bits per heavy atom. The number of benzene rings is 1. The molecule has 4 heteroatoms. The van der Waals surface area contributed by atoms with Crippen LogP contribution in [0.5, 0.6) is 5.75 Å². The van der Waals surface area contributed by atoms with Gasteiger partial charge in [0, 0.05) is 17.8 Å². The fourth-order valence-electron chi connectivity index (χ4n) is 2.80. The number of rotatable bonds is 4. The van der Waals surface area contributed by atoms with Crippen LogP contribution < -0.4 is 10.1 Å². The van der Waals surface area contributed by atoms with E-state index in [0.29, 0.717) is 18.3 Å². The molecule has 0 saturated heterocycles. The number of fused-ring (bicyclic) bond motifs is 1. The van der Waals surface area contributed by atoms with E-state index in [1.807, 2.05) is 25.2 Å². The molecule has 1 aliphatic rings. The Morgan fingerprint density at radius 2 is 2.33 bits per heavy atom. The predicted molar refractivity (Wildman–Crippen MR) is 79.8 cm³/mol. The molecule has 1 N–H and O–H groups in total. The maximum Gasteiger partial charge on any atom is 0.147 e. The minimum atomic E-state index is 0.366. The zero-order valence-corrected chi connectivity index (χ0v) is 12.0. The lowest BCUT2D eigenvalue weighted by Gasteiger charge is -2.11. The topological polar surface area (TPSA) is 57.9 Å². The van der Waals surface area contributed by atoms with Crippen LogP contribution in [-0.4, -0.2) is 12.0 Å². The van der Waals surface area contributed by atoms with E-state index in [1.54, 1.807) is 6.20 Å². The molecular weight excluding hydrogens is 262 g/mol. The molecule has 0 bridgehead atoms. The number of nitriles is 1. The van der Waals surface area contributed by atoms with Gasteiger partial charge >= 0.3 is 0 Å². The fourth-order valence-corrected chi connectivity index (χ4v) is 2.80. The summed E-state index contributed by atoms with van der Waals surface area (Å²) in [6, 6.07) is 12.5. The zero-order chi connectivity index (χ0) is 14.7. The number of hydrogen-bond donors (Lipinski definition) is 1. The number of aryl methyl sites for hydroxylation is 1. The second kappa shape index (κ2) is 5.94. The lowest BCUT2D eigenvalue weighted by atomic mass is 10.1. The second-order valence-corrected chi connectivity index (χ2v) is 5.15. The third kappa shape index (κ3) is 2.74. The van der Waals surface area contributed by atoms with E-state index < -0.39 is 0 Å². The van der Waals surface area contributed by atoms with Crippen LogP contribution in [0.2, 0.25) is 0 Å². The minimum Gasteiger partial charge on any atom is -0.489 e. The molecule has 1 aromatic heterocycles. The molecule has 21 heavy (non-hydrogen) atoms. The van der Waals surface area contributed by atoms with Crippen LogP contribution in [0.1, 0.15) is 34.8 Å². The Balaban J connectivity index is 1.74. The molecule has 0 fully saturated rings. The van der Waals surface area contributed by atoms with Crippen molar-refractivity contribution < 1.29 is 4.74 Å². The van der Waals surface area contributed by atoms with Gasteiger partial charge in [-0.1, -0.05) is 12.1 Å². The van der Waals surface area contributed by atoms with Gasteiger partial charge in [0.25, 0.3) is 0 Å². The number of nitrogens with one attached hydrogen (secondary N) is 1. The summed E-state index contributed by atoms with van der Waals surface area (Å²) in [5, 5.41) is 12.4. The molecule has 0 aliphatic heterocycles. The Labute approximate surface area is 124 Å². The number of aromatic nitrogens is 1. The second-order valence-electron chi connectivity index (χ2n) is 5.15. The predicted octanol–water partition coefficient (Wildman–Crippen LogP) is 2.74. The molecular formula is C17H17N3O. The van der Waals surface area contributed by atoms with E-state index >= 15 is 0 Å². The molecule has 2 aromatic rings. The van der Waals surface area contributed by atoms with Crippen LogP contribution in [0.25, 0.3) is 0 Å². The SMILES string of the molecule is CNC1CCc2cc(OCc3cccnc3C#N)ccc21. The highest BCUT2D eigenvalue weighted by atomic mass is 16.5. The Morgan fingerprint density at radius 3 is 3.14 bits per heavy atom. The lowest BCUT2D eigenvalue weighted by Crippen LogP contribution is -2.12. The van der Waals surface area contributed by atoms with Crippen molar-refractivity contribution >= 4 is 0 Å². The van der Waals surface area contributed by atoms with Gasteiger partial charge in [-0.05, 0) is 49.2 Å². The van der Waals surface area contributed by atoms with Crippen LogP contribution >= 0.6 is 0 Å². The summed E-state index contributed by atoms with van der Waals surface area (Å²) >= 11 is 0. The number of ether oxygens (including phenoxy) is 1. The molecule has 0 saturated carbocycles. The lowest BCUT2D eigenvalue weighted by molar-refractivity contribution is 0.305. The number of hydrogen-bond acceptors (Lipinski definition) is 4. The number of nitrogens with zero attached hydrogens (tertiary/aromatic N) is 2. The molecule has 0 radical (unpaired) electrons. The van der Waals surface area contributed by atoms with Crippen molar-refractivity contribution in [3.8, 4) is 11.8 Å². The fraction of sp³-hybridized carbons (Fsp3) is 0.294. The van der Waals surface area contributed by atoms with Crippen LogP contribution in [0, 0.1) is 11.3 Å². The average molecular weight is 279 g/mol. The molecule has 4 nitrogen and oxygen atoms in total. The van der Waals surface area contributed by atoms with E-state index in [-0.39, 0.29) is 0 Å². The largest absolute Gasteiger partial charge is 0.489 e. The van der Waals surface area contributed by atoms with Crippen molar-refractivity contribution in [2.45, 2.75) is 25.5 Å². The molecule has 1 heterocycles. The summed E-state index contributed by atoms with van der Waals surface area (Å²) in [5.41, 5.74) is 3.95. The molecule has 1 atom stereocenters. The van der Waals surface area contributed by atoms with Gasteiger partial charge in [-0.25, -0.2) is 4.98 Å². The first-order valence-electron chi connectivity index (χ1n) is 7.08. The highest BCUT2D eigenvalue weighted by Crippen LogP contribution is 2.33. The Hall–Kier alpha value is -2.38. The van der Waals surface area contributed by atoms with Gasteiger partial charge < -0.3 is 10.1 Å². The molecule has 106 valence electrons. The maximum atomic E-state index is 9.02. The van der Waals surface area contributed by atoms with Crippen LogP contribution in [0.15, 0.2) is 36.5 Å². The van der Waals surface area contributed by atoms with Gasteiger partial charge in [0.2, 0.25) is 0 Å². The monoisotopic (exact) mass is 279 g/mol. The van der Waals surface area contributed by atoms with Gasteiger partial charge in [0.15, 0.2) is 0 Å². The third-order valence-corrected chi connectivity index (χ3v) is 3.93. The van der Waals surface area contributed by atoms with Crippen molar-refractivity contribution in [3.05, 3.63) is 58.9 Å². The van der Waals surface area contributed by atoms with E-state index in [2.05, 4.69) is 28.5 Å². The van der Waals surface area contributed by atoms with Crippen molar-refractivity contribution in [2.75, 3.05) is 7.05 Å². The quantitative estimate of drug-likeness (QED) is 0.935. The highest BCUT2D eigenvalue weighted by Gasteiger charge is 2.21. The first-order chi connectivity index (χ1) is 10.3. The van der Waals surface area contributed by atoms with Crippen LogP contribution in [-0.2, 0) is 13.0 Å². The highest BCUT2D eigenvalue weighted by molar-refractivity contribution is 5.41. The van der Waals surface area contributed by atoms with E-state index in [1.165, 1.54) is 11.1 Å². The van der Waals surface area contributed by atoms with E-state index in [9.17, 15) is 0 Å². The summed E-state index contributed by atoms with van der Waals surface area (Å²) in [7, 11) is 2.00. The molecule has 1 aliphatic carbocycles. The van der Waals surface area contributed by atoms with Crippen molar-refractivity contribution in [1.29, 1.82) is 5.26 Å². The van der Waals surface area contributed by atoms with Crippen LogP contribution in [0.3, 0.4) is 0 Å². The molecule has 0 amide bonds. The normalized spacial score (nSPS) is 16.3. The molecule has 0 spiro atoms. The maximum absolute atomic E-state index is 9.02. The van der Waals surface area contributed by atoms with Gasteiger partial charge in [-0.15, -0.1) is 0 Å². The molecule has 1 aromatic carbocycles. The van der Waals surface area contributed by atoms with Gasteiger partial charge in [0.1, 0.15) is 24.1 Å². The summed E-state index contributed by atoms with van der Waals surface area (Å²) in [5.74, 6) is 0.846. The van der Waals surface area contributed by atoms with Gasteiger partial charge in [-0.3, -0.25) is 0 Å². The minimum absolute atomic E-state index is 0.366. The van der Waals surface area contributed by atoms with Crippen molar-refractivity contribution in [1.82, 2.24) is 10.3 Å². The smallest absolute Gasteiger partial charge is 0.147 e.